The number of piperidine rings is 1. The van der Waals surface area contributed by atoms with Gasteiger partial charge in [0.25, 0.3) is 0 Å². The Morgan fingerprint density at radius 2 is 2.00 bits per heavy atom. The molecule has 0 spiro atoms. The first-order valence-corrected chi connectivity index (χ1v) is 11.0. The van der Waals surface area contributed by atoms with Crippen molar-refractivity contribution in [2.24, 2.45) is 5.92 Å². The van der Waals surface area contributed by atoms with Gasteiger partial charge in [-0.05, 0) is 69.3 Å². The molecule has 1 aliphatic heterocycles. The molecule has 8 nitrogen and oxygen atoms in total. The quantitative estimate of drug-likeness (QED) is 0.612. The number of amides is 2. The number of ether oxygens (including phenoxy) is 1. The molecule has 1 aromatic carbocycles. The summed E-state index contributed by atoms with van der Waals surface area (Å²) in [5, 5.41) is 11.9. The maximum atomic E-state index is 13.0. The zero-order valence-corrected chi connectivity index (χ0v) is 18.5. The lowest BCUT2D eigenvalue weighted by molar-refractivity contribution is -0.126. The fraction of sp³-hybridized carbons (Fsp3) is 0.458. The SMILES string of the molecule is CCOc1ccc(N(CCC#N)C(=O)CN2CCC(C(=O)NCc3ccco3)CC2)cc1. The highest BCUT2D eigenvalue weighted by molar-refractivity contribution is 5.94. The van der Waals surface area contributed by atoms with Gasteiger partial charge in [-0.1, -0.05) is 0 Å². The Bertz CT molecular complexity index is 897. The third kappa shape index (κ3) is 6.59. The zero-order chi connectivity index (χ0) is 22.8. The summed E-state index contributed by atoms with van der Waals surface area (Å²) in [4.78, 5) is 29.2. The third-order valence-corrected chi connectivity index (χ3v) is 5.54. The van der Waals surface area contributed by atoms with Gasteiger partial charge in [0.1, 0.15) is 11.5 Å². The van der Waals surface area contributed by atoms with Crippen molar-refractivity contribution in [3.8, 4) is 11.8 Å². The molecule has 0 aliphatic carbocycles. The Balaban J connectivity index is 1.50. The smallest absolute Gasteiger partial charge is 0.241 e. The van der Waals surface area contributed by atoms with Crippen LogP contribution in [-0.2, 0) is 16.1 Å². The second-order valence-electron chi connectivity index (χ2n) is 7.73. The second kappa shape index (κ2) is 11.9. The molecule has 0 bridgehead atoms. The topological polar surface area (TPSA) is 98.8 Å². The van der Waals surface area contributed by atoms with Gasteiger partial charge in [-0.15, -0.1) is 0 Å². The molecule has 32 heavy (non-hydrogen) atoms. The van der Waals surface area contributed by atoms with E-state index in [0.29, 0.717) is 45.6 Å². The third-order valence-electron chi connectivity index (χ3n) is 5.54. The Labute approximate surface area is 188 Å². The van der Waals surface area contributed by atoms with Gasteiger partial charge in [-0.25, -0.2) is 0 Å². The number of benzene rings is 1. The van der Waals surface area contributed by atoms with Gasteiger partial charge in [-0.2, -0.15) is 5.26 Å². The van der Waals surface area contributed by atoms with Crippen molar-refractivity contribution >= 4 is 17.5 Å². The van der Waals surface area contributed by atoms with Crippen LogP contribution in [-0.4, -0.2) is 49.5 Å². The van der Waals surface area contributed by atoms with Crippen LogP contribution in [0.3, 0.4) is 0 Å². The van der Waals surface area contributed by atoms with Crippen LogP contribution < -0.4 is 15.0 Å². The minimum absolute atomic E-state index is 0.0254. The van der Waals surface area contributed by atoms with Crippen molar-refractivity contribution in [1.82, 2.24) is 10.2 Å². The predicted molar refractivity (Wildman–Crippen MR) is 120 cm³/mol. The molecule has 170 valence electrons. The Morgan fingerprint density at radius 3 is 2.62 bits per heavy atom. The normalized spacial score (nSPS) is 14.5. The first kappa shape index (κ1) is 23.4. The molecule has 2 amide bonds. The van der Waals surface area contributed by atoms with Crippen molar-refractivity contribution in [3.05, 3.63) is 48.4 Å². The van der Waals surface area contributed by atoms with E-state index < -0.39 is 0 Å². The van der Waals surface area contributed by atoms with E-state index in [1.807, 2.05) is 37.3 Å². The average molecular weight is 439 g/mol. The molecule has 8 heteroatoms. The summed E-state index contributed by atoms with van der Waals surface area (Å²) in [6.45, 7) is 4.85. The molecule has 0 unspecified atom stereocenters. The average Bonchev–Trinajstić information content (AvgIpc) is 3.33. The molecule has 3 rings (SSSR count). The van der Waals surface area contributed by atoms with Gasteiger partial charge in [0.05, 0.1) is 38.4 Å². The number of likely N-dealkylation sites (tertiary alicyclic amines) is 1. The van der Waals surface area contributed by atoms with Crippen molar-refractivity contribution in [1.29, 1.82) is 5.26 Å². The lowest BCUT2D eigenvalue weighted by Crippen LogP contribution is -2.45. The van der Waals surface area contributed by atoms with E-state index in [1.165, 1.54) is 0 Å². The summed E-state index contributed by atoms with van der Waals surface area (Å²) in [6.07, 6.45) is 3.26. The van der Waals surface area contributed by atoms with Crippen LogP contribution in [0.25, 0.3) is 0 Å². The van der Waals surface area contributed by atoms with E-state index >= 15 is 0 Å². The van der Waals surface area contributed by atoms with Crippen LogP contribution in [0.5, 0.6) is 5.75 Å². The molecule has 0 radical (unpaired) electrons. The van der Waals surface area contributed by atoms with Gasteiger partial charge >= 0.3 is 0 Å². The maximum Gasteiger partial charge on any atom is 0.241 e. The lowest BCUT2D eigenvalue weighted by Gasteiger charge is -2.32. The summed E-state index contributed by atoms with van der Waals surface area (Å²) in [5.41, 5.74) is 0.751. The molecule has 1 aromatic heterocycles. The summed E-state index contributed by atoms with van der Waals surface area (Å²) in [6, 6.07) is 13.1. The van der Waals surface area contributed by atoms with Gasteiger partial charge in [0, 0.05) is 18.2 Å². The number of anilines is 1. The summed E-state index contributed by atoms with van der Waals surface area (Å²) >= 11 is 0. The Hall–Kier alpha value is -3.31. The van der Waals surface area contributed by atoms with Crippen molar-refractivity contribution in [2.75, 3.05) is 37.7 Å². The number of hydrogen-bond acceptors (Lipinski definition) is 6. The fourth-order valence-corrected chi connectivity index (χ4v) is 3.81. The largest absolute Gasteiger partial charge is 0.494 e. The first-order chi connectivity index (χ1) is 15.6. The van der Waals surface area contributed by atoms with E-state index in [4.69, 9.17) is 14.4 Å². The summed E-state index contributed by atoms with van der Waals surface area (Å²) in [7, 11) is 0. The number of carbonyl (C=O) groups excluding carboxylic acids is 2. The van der Waals surface area contributed by atoms with Gasteiger partial charge in [0.15, 0.2) is 0 Å². The van der Waals surface area contributed by atoms with E-state index in [9.17, 15) is 9.59 Å². The molecule has 1 fully saturated rings. The van der Waals surface area contributed by atoms with Gasteiger partial charge < -0.3 is 19.4 Å². The van der Waals surface area contributed by atoms with E-state index in [2.05, 4.69) is 16.3 Å². The molecular weight excluding hydrogens is 408 g/mol. The standard InChI is InChI=1S/C24H30N4O4/c1-2-31-21-8-6-20(7-9-21)28(13-4-12-25)23(29)18-27-14-10-19(11-15-27)24(30)26-17-22-5-3-16-32-22/h3,5-9,16,19H,2,4,10-11,13-15,17-18H2,1H3,(H,26,30). The monoisotopic (exact) mass is 438 g/mol. The van der Waals surface area contributed by atoms with E-state index in [-0.39, 0.29) is 30.7 Å². The van der Waals surface area contributed by atoms with Gasteiger partial charge in [0.2, 0.25) is 11.8 Å². The van der Waals surface area contributed by atoms with Crippen LogP contribution in [0, 0.1) is 17.2 Å². The molecule has 0 saturated carbocycles. The van der Waals surface area contributed by atoms with Crippen LogP contribution >= 0.6 is 0 Å². The highest BCUT2D eigenvalue weighted by Crippen LogP contribution is 2.22. The Kier molecular flexibility index (Phi) is 8.70. The Morgan fingerprint density at radius 1 is 1.25 bits per heavy atom. The molecule has 0 atom stereocenters. The molecule has 1 N–H and O–H groups in total. The number of nitrogens with one attached hydrogen (secondary N) is 1. The summed E-state index contributed by atoms with van der Waals surface area (Å²) in [5.74, 6) is 1.39. The fourth-order valence-electron chi connectivity index (χ4n) is 3.81. The highest BCUT2D eigenvalue weighted by atomic mass is 16.5. The number of hydrogen-bond donors (Lipinski definition) is 1. The minimum atomic E-state index is -0.0582. The molecule has 2 heterocycles. The van der Waals surface area contributed by atoms with Crippen LogP contribution in [0.2, 0.25) is 0 Å². The summed E-state index contributed by atoms with van der Waals surface area (Å²) < 4.78 is 10.7. The molecule has 1 aliphatic rings. The van der Waals surface area contributed by atoms with E-state index in [1.54, 1.807) is 17.2 Å². The highest BCUT2D eigenvalue weighted by Gasteiger charge is 2.27. The first-order valence-electron chi connectivity index (χ1n) is 11.0. The molecular formula is C24H30N4O4. The van der Waals surface area contributed by atoms with Crippen molar-refractivity contribution in [2.45, 2.75) is 32.7 Å². The maximum absolute atomic E-state index is 13.0. The number of furan rings is 1. The number of nitrogens with zero attached hydrogens (tertiary/aromatic N) is 3. The van der Waals surface area contributed by atoms with Crippen molar-refractivity contribution < 1.29 is 18.7 Å². The number of nitriles is 1. The van der Waals surface area contributed by atoms with Crippen molar-refractivity contribution in [3.63, 3.8) is 0 Å². The van der Waals surface area contributed by atoms with Crippen LogP contribution in [0.15, 0.2) is 47.1 Å². The lowest BCUT2D eigenvalue weighted by atomic mass is 9.96. The zero-order valence-electron chi connectivity index (χ0n) is 18.5. The van der Waals surface area contributed by atoms with Crippen LogP contribution in [0.1, 0.15) is 31.9 Å². The minimum Gasteiger partial charge on any atom is -0.494 e. The second-order valence-corrected chi connectivity index (χ2v) is 7.73. The molecule has 2 aromatic rings. The van der Waals surface area contributed by atoms with Crippen LogP contribution in [0.4, 0.5) is 5.69 Å². The number of rotatable bonds is 10. The predicted octanol–water partition coefficient (Wildman–Crippen LogP) is 2.95. The molecule has 1 saturated heterocycles. The van der Waals surface area contributed by atoms with E-state index in [0.717, 1.165) is 17.2 Å². The number of carbonyl (C=O) groups is 2. The van der Waals surface area contributed by atoms with Gasteiger partial charge in [-0.3, -0.25) is 14.5 Å².